The lowest BCUT2D eigenvalue weighted by Gasteiger charge is -2.40. The zero-order valence-corrected chi connectivity index (χ0v) is 35.6. The van der Waals surface area contributed by atoms with E-state index in [0.717, 1.165) is 0 Å². The summed E-state index contributed by atoms with van der Waals surface area (Å²) in [5.41, 5.74) is -0.965. The zero-order chi connectivity index (χ0) is 42.6. The lowest BCUT2D eigenvalue weighted by atomic mass is 9.91. The molecule has 0 spiro atoms. The van der Waals surface area contributed by atoms with Crippen LogP contribution in [0, 0.1) is 5.41 Å². The number of hydrogen-bond acceptors (Lipinski definition) is 12. The van der Waals surface area contributed by atoms with Crippen LogP contribution in [0.4, 0.5) is 0 Å². The number of rotatable bonds is 44. The van der Waals surface area contributed by atoms with Crippen molar-refractivity contribution in [3.05, 3.63) is 101 Å². The van der Waals surface area contributed by atoms with Gasteiger partial charge in [0.25, 0.3) is 0 Å². The maximum Gasteiger partial charge on any atom is 0.184 e. The SMILES string of the molecule is C=CCOC(OCC=C)C(CC)OCC(COC(CC)C(OCC=C)OCC=C)(COC(CC)C(OCC=C)OCC=C)COC(CC)C(OCC=C)OCC=C. The molecule has 0 rings (SSSR count). The molecule has 0 aromatic carbocycles. The first-order chi connectivity index (χ1) is 27.8. The Morgan fingerprint density at radius 3 is 0.579 bits per heavy atom. The van der Waals surface area contributed by atoms with Gasteiger partial charge in [-0.25, -0.2) is 0 Å². The molecule has 0 aromatic rings. The second-order valence-corrected chi connectivity index (χ2v) is 13.0. The quantitative estimate of drug-likeness (QED) is 0.0439. The molecule has 0 N–H and O–H groups in total. The number of hydrogen-bond donors (Lipinski definition) is 0. The molecule has 4 atom stereocenters. The van der Waals surface area contributed by atoms with Crippen LogP contribution in [0.2, 0.25) is 0 Å². The van der Waals surface area contributed by atoms with Gasteiger partial charge in [0.05, 0.1) is 84.7 Å². The summed E-state index contributed by atoms with van der Waals surface area (Å²) < 4.78 is 75.2. The van der Waals surface area contributed by atoms with Gasteiger partial charge >= 0.3 is 0 Å². The summed E-state index contributed by atoms with van der Waals surface area (Å²) in [7, 11) is 0. The highest BCUT2D eigenvalue weighted by Gasteiger charge is 2.40. The Bertz CT molecular complexity index is 853. The molecule has 0 bridgehead atoms. The van der Waals surface area contributed by atoms with Crippen LogP contribution >= 0.6 is 0 Å². The van der Waals surface area contributed by atoms with Crippen molar-refractivity contribution in [3.8, 4) is 0 Å². The number of ether oxygens (including phenoxy) is 12. The summed E-state index contributed by atoms with van der Waals surface area (Å²) in [5, 5.41) is 0. The Kier molecular flexibility index (Phi) is 34.9. The minimum absolute atomic E-state index is 0.100. The van der Waals surface area contributed by atoms with Crippen LogP contribution in [0.15, 0.2) is 101 Å². The van der Waals surface area contributed by atoms with Gasteiger partial charge in [0.2, 0.25) is 0 Å². The molecule has 12 heteroatoms. The average molecular weight is 809 g/mol. The van der Waals surface area contributed by atoms with E-state index in [-0.39, 0.29) is 79.3 Å². The van der Waals surface area contributed by atoms with Crippen LogP contribution in [0.1, 0.15) is 53.4 Å². The Morgan fingerprint density at radius 2 is 0.456 bits per heavy atom. The molecule has 0 aliphatic rings. The lowest BCUT2D eigenvalue weighted by molar-refractivity contribution is -0.250. The van der Waals surface area contributed by atoms with Crippen LogP contribution in [0.25, 0.3) is 0 Å². The van der Waals surface area contributed by atoms with E-state index < -0.39 is 55.0 Å². The summed E-state index contributed by atoms with van der Waals surface area (Å²) in [6.45, 7) is 40.9. The molecule has 0 aliphatic carbocycles. The van der Waals surface area contributed by atoms with Crippen molar-refractivity contribution in [2.45, 2.75) is 103 Å². The van der Waals surface area contributed by atoms with Crippen molar-refractivity contribution in [2.75, 3.05) is 79.3 Å². The van der Waals surface area contributed by atoms with Crippen LogP contribution in [-0.2, 0) is 56.8 Å². The molecule has 0 fully saturated rings. The van der Waals surface area contributed by atoms with Gasteiger partial charge in [-0.1, -0.05) is 76.3 Å². The van der Waals surface area contributed by atoms with Crippen LogP contribution in [-0.4, -0.2) is 129 Å². The van der Waals surface area contributed by atoms with E-state index in [0.29, 0.717) is 25.7 Å². The Hall–Kier alpha value is -2.56. The monoisotopic (exact) mass is 809 g/mol. The van der Waals surface area contributed by atoms with Gasteiger partial charge in [0.1, 0.15) is 24.4 Å². The van der Waals surface area contributed by atoms with E-state index >= 15 is 0 Å². The predicted molar refractivity (Wildman–Crippen MR) is 227 cm³/mol. The van der Waals surface area contributed by atoms with Gasteiger partial charge in [0, 0.05) is 0 Å². The van der Waals surface area contributed by atoms with Gasteiger partial charge in [-0.15, -0.1) is 52.6 Å². The Morgan fingerprint density at radius 1 is 0.298 bits per heavy atom. The van der Waals surface area contributed by atoms with Crippen molar-refractivity contribution >= 4 is 0 Å². The van der Waals surface area contributed by atoms with Gasteiger partial charge in [-0.05, 0) is 25.7 Å². The van der Waals surface area contributed by atoms with Crippen molar-refractivity contribution in [1.82, 2.24) is 0 Å². The van der Waals surface area contributed by atoms with E-state index in [1.807, 2.05) is 27.7 Å². The van der Waals surface area contributed by atoms with Gasteiger partial charge in [-0.3, -0.25) is 0 Å². The predicted octanol–water partition coefficient (Wildman–Crippen LogP) is 8.08. The van der Waals surface area contributed by atoms with Crippen LogP contribution < -0.4 is 0 Å². The van der Waals surface area contributed by atoms with E-state index in [1.165, 1.54) is 0 Å². The Labute approximate surface area is 345 Å². The molecular formula is C45H76O12. The molecule has 328 valence electrons. The van der Waals surface area contributed by atoms with E-state index in [2.05, 4.69) is 52.6 Å². The third kappa shape index (κ3) is 23.6. The minimum atomic E-state index is -0.965. The summed E-state index contributed by atoms with van der Waals surface area (Å²) >= 11 is 0. The third-order valence-electron chi connectivity index (χ3n) is 8.26. The average Bonchev–Trinajstić information content (AvgIpc) is 3.23. The maximum absolute atomic E-state index is 6.76. The molecule has 0 radical (unpaired) electrons. The summed E-state index contributed by atoms with van der Waals surface area (Å²) in [4.78, 5) is 0. The smallest absolute Gasteiger partial charge is 0.184 e. The van der Waals surface area contributed by atoms with Crippen molar-refractivity contribution in [1.29, 1.82) is 0 Å². The molecule has 0 saturated carbocycles. The first-order valence-electron chi connectivity index (χ1n) is 20.0. The zero-order valence-electron chi connectivity index (χ0n) is 35.6. The molecule has 0 amide bonds. The largest absolute Gasteiger partial charge is 0.372 e. The van der Waals surface area contributed by atoms with Gasteiger partial charge < -0.3 is 56.8 Å². The standard InChI is InChI=1S/C45H76O12/c1-13-25-46-41(47-26-14-2)37(21-9)54-33-45(34-55-38(22-10)42(48-27-15-3)49-28-16-4,35-56-39(23-11)43(50-29-17-5)51-30-18-6)36-57-40(24-12)44(52-31-19-7)53-32-20-8/h13-20,37-44H,1-8,21-36H2,9-12H3. The highest BCUT2D eigenvalue weighted by molar-refractivity contribution is 4.85. The molecule has 4 unspecified atom stereocenters. The molecule has 0 saturated heterocycles. The second-order valence-electron chi connectivity index (χ2n) is 13.0. The fraction of sp³-hybridized carbons (Fsp3) is 0.644. The highest BCUT2D eigenvalue weighted by Crippen LogP contribution is 2.29. The third-order valence-corrected chi connectivity index (χ3v) is 8.26. The topological polar surface area (TPSA) is 111 Å². The summed E-state index contributed by atoms with van der Waals surface area (Å²) in [5.74, 6) is 0. The van der Waals surface area contributed by atoms with Crippen LogP contribution in [0.3, 0.4) is 0 Å². The molecule has 0 aromatic heterocycles. The molecular weight excluding hydrogens is 732 g/mol. The fourth-order valence-electron chi connectivity index (χ4n) is 5.29. The van der Waals surface area contributed by atoms with Crippen molar-refractivity contribution < 1.29 is 56.8 Å². The molecule has 0 aliphatic heterocycles. The highest BCUT2D eigenvalue weighted by atomic mass is 16.7. The van der Waals surface area contributed by atoms with E-state index in [1.54, 1.807) is 48.6 Å². The Balaban J connectivity index is 7.27. The summed E-state index contributed by atoms with van der Waals surface area (Å²) in [6.07, 6.45) is 10.8. The molecule has 0 heterocycles. The molecule has 57 heavy (non-hydrogen) atoms. The normalized spacial score (nSPS) is 14.9. The summed E-state index contributed by atoms with van der Waals surface area (Å²) in [6, 6.07) is 0. The molecule has 12 nitrogen and oxygen atoms in total. The van der Waals surface area contributed by atoms with Gasteiger partial charge in [-0.2, -0.15) is 0 Å². The van der Waals surface area contributed by atoms with E-state index in [9.17, 15) is 0 Å². The fourth-order valence-corrected chi connectivity index (χ4v) is 5.29. The first-order valence-corrected chi connectivity index (χ1v) is 20.0. The van der Waals surface area contributed by atoms with Crippen LogP contribution in [0.5, 0.6) is 0 Å². The van der Waals surface area contributed by atoms with Crippen molar-refractivity contribution in [2.24, 2.45) is 5.41 Å². The van der Waals surface area contributed by atoms with Crippen molar-refractivity contribution in [3.63, 3.8) is 0 Å². The van der Waals surface area contributed by atoms with Gasteiger partial charge in [0.15, 0.2) is 25.2 Å². The lowest BCUT2D eigenvalue weighted by Crippen LogP contribution is -2.49. The van der Waals surface area contributed by atoms with E-state index in [4.69, 9.17) is 56.8 Å². The minimum Gasteiger partial charge on any atom is -0.372 e. The second kappa shape index (κ2) is 36.5. The maximum atomic E-state index is 6.76. The first kappa shape index (κ1) is 54.4.